The van der Waals surface area contributed by atoms with Crippen molar-refractivity contribution in [3.63, 3.8) is 0 Å². The Hall–Kier alpha value is -7.37. The van der Waals surface area contributed by atoms with Gasteiger partial charge in [0.25, 0.3) is 0 Å². The van der Waals surface area contributed by atoms with Gasteiger partial charge in [0, 0.05) is 55.1 Å². The van der Waals surface area contributed by atoms with E-state index >= 15 is 0 Å². The summed E-state index contributed by atoms with van der Waals surface area (Å²) in [5.74, 6) is 1.83. The lowest BCUT2D eigenvalue weighted by Crippen LogP contribution is -2.15. The quantitative estimate of drug-likeness (QED) is 0.181. The Morgan fingerprint density at radius 3 is 2.02 bits per heavy atom. The Morgan fingerprint density at radius 1 is 0.456 bits per heavy atom. The maximum absolute atomic E-state index is 6.71. The highest BCUT2D eigenvalue weighted by Gasteiger charge is 2.35. The molecule has 3 aromatic heterocycles. The van der Waals surface area contributed by atoms with Crippen molar-refractivity contribution in [3.8, 4) is 51.0 Å². The molecular weight excluding hydrogens is 697 g/mol. The molecular formula is C52H34N4O. The smallest absolute Gasteiger partial charge is 0.164 e. The first-order chi connectivity index (χ1) is 28.0. The van der Waals surface area contributed by atoms with Gasteiger partial charge in [-0.15, -0.1) is 0 Å². The lowest BCUT2D eigenvalue weighted by atomic mass is 9.82. The molecule has 3 heterocycles. The molecule has 57 heavy (non-hydrogen) atoms. The summed E-state index contributed by atoms with van der Waals surface area (Å²) in [7, 11) is 0. The van der Waals surface area contributed by atoms with Crippen LogP contribution in [0, 0.1) is 0 Å². The van der Waals surface area contributed by atoms with Gasteiger partial charge in [0.15, 0.2) is 17.5 Å². The molecule has 0 unspecified atom stereocenters. The Balaban J connectivity index is 1.16. The SMILES string of the molecule is CC1(C)c2ccccc2-c2ccc(-c3nc(-c4ccccc4)nc(-c4cc(-n5c6ccccc6c6ccc7ccccc7c65)cc5oc6ccccc6c45)n3)cc21. The average molecular weight is 731 g/mol. The van der Waals surface area contributed by atoms with Gasteiger partial charge in [-0.2, -0.15) is 0 Å². The van der Waals surface area contributed by atoms with Crippen LogP contribution >= 0.6 is 0 Å². The summed E-state index contributed by atoms with van der Waals surface area (Å²) in [5.41, 5.74) is 12.6. The second-order valence-electron chi connectivity index (χ2n) is 15.6. The van der Waals surface area contributed by atoms with Crippen LogP contribution < -0.4 is 0 Å². The summed E-state index contributed by atoms with van der Waals surface area (Å²) in [4.78, 5) is 15.9. The van der Waals surface area contributed by atoms with Crippen molar-refractivity contribution in [3.05, 3.63) is 181 Å². The van der Waals surface area contributed by atoms with E-state index in [0.717, 1.165) is 55.3 Å². The number of hydrogen-bond acceptors (Lipinski definition) is 4. The number of para-hydroxylation sites is 2. The molecule has 268 valence electrons. The number of hydrogen-bond donors (Lipinski definition) is 0. The fourth-order valence-corrected chi connectivity index (χ4v) is 9.33. The summed E-state index contributed by atoms with van der Waals surface area (Å²) in [6, 6.07) is 60.0. The minimum absolute atomic E-state index is 0.164. The first-order valence-corrected chi connectivity index (χ1v) is 19.4. The number of fused-ring (bicyclic) bond motifs is 11. The van der Waals surface area contributed by atoms with Crippen LogP contribution in [0.25, 0.3) is 105 Å². The largest absolute Gasteiger partial charge is 0.456 e. The molecule has 5 nitrogen and oxygen atoms in total. The van der Waals surface area contributed by atoms with E-state index in [1.54, 1.807) is 0 Å². The lowest BCUT2D eigenvalue weighted by Gasteiger charge is -2.21. The molecule has 0 spiro atoms. The van der Waals surface area contributed by atoms with Crippen LogP contribution in [0.1, 0.15) is 25.0 Å². The second-order valence-corrected chi connectivity index (χ2v) is 15.6. The third kappa shape index (κ3) is 4.66. The van der Waals surface area contributed by atoms with Crippen LogP contribution in [0.2, 0.25) is 0 Å². The molecule has 0 N–H and O–H groups in total. The number of benzene rings is 8. The minimum atomic E-state index is -0.164. The number of aromatic nitrogens is 4. The fraction of sp³-hybridized carbons (Fsp3) is 0.0577. The molecule has 1 aliphatic rings. The highest BCUT2D eigenvalue weighted by molar-refractivity contribution is 6.19. The van der Waals surface area contributed by atoms with Gasteiger partial charge in [-0.25, -0.2) is 15.0 Å². The normalized spacial score (nSPS) is 13.2. The molecule has 5 heteroatoms. The van der Waals surface area contributed by atoms with E-state index in [2.05, 4.69) is 158 Å². The molecule has 0 amide bonds. The number of furan rings is 1. The van der Waals surface area contributed by atoms with Crippen LogP contribution in [0.15, 0.2) is 174 Å². The summed E-state index contributed by atoms with van der Waals surface area (Å²) in [6.45, 7) is 4.61. The molecule has 12 rings (SSSR count). The first-order valence-electron chi connectivity index (χ1n) is 19.4. The molecule has 0 saturated carbocycles. The molecule has 0 bridgehead atoms. The van der Waals surface area contributed by atoms with Gasteiger partial charge in [0.05, 0.1) is 16.7 Å². The third-order valence-electron chi connectivity index (χ3n) is 12.0. The van der Waals surface area contributed by atoms with Crippen molar-refractivity contribution >= 4 is 54.5 Å². The maximum Gasteiger partial charge on any atom is 0.164 e. The van der Waals surface area contributed by atoms with E-state index in [1.165, 1.54) is 43.8 Å². The second kappa shape index (κ2) is 11.8. The van der Waals surface area contributed by atoms with Crippen molar-refractivity contribution in [2.45, 2.75) is 19.3 Å². The zero-order valence-corrected chi connectivity index (χ0v) is 31.4. The maximum atomic E-state index is 6.71. The summed E-state index contributed by atoms with van der Waals surface area (Å²) in [6.07, 6.45) is 0. The van der Waals surface area contributed by atoms with E-state index in [9.17, 15) is 0 Å². The van der Waals surface area contributed by atoms with Crippen molar-refractivity contribution in [2.24, 2.45) is 0 Å². The van der Waals surface area contributed by atoms with Gasteiger partial charge in [-0.05, 0) is 51.9 Å². The molecule has 0 radical (unpaired) electrons. The molecule has 8 aromatic carbocycles. The topological polar surface area (TPSA) is 56.7 Å². The van der Waals surface area contributed by atoms with Gasteiger partial charge in [0.2, 0.25) is 0 Å². The van der Waals surface area contributed by atoms with Gasteiger partial charge in [-0.1, -0.05) is 153 Å². The monoisotopic (exact) mass is 730 g/mol. The Labute approximate surface area is 328 Å². The van der Waals surface area contributed by atoms with Crippen LogP contribution in [-0.4, -0.2) is 19.5 Å². The molecule has 0 aliphatic heterocycles. The highest BCUT2D eigenvalue weighted by Crippen LogP contribution is 2.49. The van der Waals surface area contributed by atoms with E-state index in [4.69, 9.17) is 19.4 Å². The number of nitrogens with zero attached hydrogens (tertiary/aromatic N) is 4. The van der Waals surface area contributed by atoms with Gasteiger partial charge < -0.3 is 8.98 Å². The van der Waals surface area contributed by atoms with Crippen LogP contribution in [-0.2, 0) is 5.41 Å². The summed E-state index contributed by atoms with van der Waals surface area (Å²) < 4.78 is 9.09. The van der Waals surface area contributed by atoms with Crippen molar-refractivity contribution in [1.82, 2.24) is 19.5 Å². The Bertz CT molecular complexity index is 3450. The lowest BCUT2D eigenvalue weighted by molar-refractivity contribution is 0.660. The van der Waals surface area contributed by atoms with Gasteiger partial charge in [0.1, 0.15) is 11.2 Å². The molecule has 0 atom stereocenters. The van der Waals surface area contributed by atoms with Gasteiger partial charge >= 0.3 is 0 Å². The fourth-order valence-electron chi connectivity index (χ4n) is 9.33. The summed E-state index contributed by atoms with van der Waals surface area (Å²) >= 11 is 0. The molecule has 1 aliphatic carbocycles. The average Bonchev–Trinajstić information content (AvgIpc) is 3.89. The molecule has 0 saturated heterocycles. The van der Waals surface area contributed by atoms with E-state index in [0.29, 0.717) is 17.5 Å². The zero-order valence-electron chi connectivity index (χ0n) is 31.4. The Kier molecular flexibility index (Phi) is 6.62. The standard InChI is InChI=1S/C52H34N4O/c1-52(2)42-21-11-8-18-36(42)37-26-25-33(28-43(37)52)50-53-49(32-15-4-3-5-16-32)54-51(55-50)41-29-34(30-46-47(41)40-20-10-13-23-45(40)57-46)56-44-22-12-9-19-38(44)39-27-24-31-14-6-7-17-35(31)48(39)56/h3-30H,1-2H3. The molecule has 11 aromatic rings. The van der Waals surface area contributed by atoms with Crippen LogP contribution in [0.3, 0.4) is 0 Å². The predicted octanol–water partition coefficient (Wildman–Crippen LogP) is 13.3. The first kappa shape index (κ1) is 31.9. The number of rotatable bonds is 4. The minimum Gasteiger partial charge on any atom is -0.456 e. The zero-order chi connectivity index (χ0) is 37.8. The summed E-state index contributed by atoms with van der Waals surface area (Å²) in [5, 5.41) is 6.76. The van der Waals surface area contributed by atoms with Crippen molar-refractivity contribution in [2.75, 3.05) is 0 Å². The van der Waals surface area contributed by atoms with Crippen molar-refractivity contribution in [1.29, 1.82) is 0 Å². The van der Waals surface area contributed by atoms with E-state index < -0.39 is 0 Å². The molecule has 0 fully saturated rings. The van der Waals surface area contributed by atoms with Gasteiger partial charge in [-0.3, -0.25) is 0 Å². The Morgan fingerprint density at radius 2 is 1.14 bits per heavy atom. The van der Waals surface area contributed by atoms with E-state index in [1.807, 2.05) is 30.3 Å². The van der Waals surface area contributed by atoms with Crippen LogP contribution in [0.4, 0.5) is 0 Å². The van der Waals surface area contributed by atoms with E-state index in [-0.39, 0.29) is 5.41 Å². The predicted molar refractivity (Wildman–Crippen MR) is 233 cm³/mol. The van der Waals surface area contributed by atoms with Crippen molar-refractivity contribution < 1.29 is 4.42 Å². The third-order valence-corrected chi connectivity index (χ3v) is 12.0. The van der Waals surface area contributed by atoms with Crippen LogP contribution in [0.5, 0.6) is 0 Å². The highest BCUT2D eigenvalue weighted by atomic mass is 16.3.